The summed E-state index contributed by atoms with van der Waals surface area (Å²) in [5.41, 5.74) is -0.467. The van der Waals surface area contributed by atoms with Crippen LogP contribution in [0.5, 0.6) is 0 Å². The minimum atomic E-state index is -4.51. The highest BCUT2D eigenvalue weighted by Gasteiger charge is 2.34. The van der Waals surface area contributed by atoms with Crippen molar-refractivity contribution in [3.8, 4) is 0 Å². The van der Waals surface area contributed by atoms with Crippen molar-refractivity contribution in [3.63, 3.8) is 0 Å². The van der Waals surface area contributed by atoms with Gasteiger partial charge in [-0.05, 0) is 43.7 Å². The van der Waals surface area contributed by atoms with Crippen molar-refractivity contribution < 1.29 is 35.9 Å². The van der Waals surface area contributed by atoms with Gasteiger partial charge in [-0.15, -0.1) is 0 Å². The molecule has 11 heteroatoms. The first kappa shape index (κ1) is 24.6. The van der Waals surface area contributed by atoms with E-state index in [1.165, 1.54) is 29.2 Å². The molecular weight excluding hydrogens is 461 g/mol. The minimum Gasteiger partial charge on any atom is -0.452 e. The predicted molar refractivity (Wildman–Crippen MR) is 116 cm³/mol. The number of rotatable bonds is 7. The Labute approximate surface area is 189 Å². The van der Waals surface area contributed by atoms with Gasteiger partial charge in [0.1, 0.15) is 0 Å². The van der Waals surface area contributed by atoms with Crippen LogP contribution < -0.4 is 5.32 Å². The van der Waals surface area contributed by atoms with E-state index in [9.17, 15) is 31.2 Å². The molecule has 0 radical (unpaired) electrons. The number of alkyl halides is 3. The van der Waals surface area contributed by atoms with Gasteiger partial charge in [-0.1, -0.05) is 18.2 Å². The van der Waals surface area contributed by atoms with Gasteiger partial charge in [0.2, 0.25) is 0 Å². The third-order valence-electron chi connectivity index (χ3n) is 5.25. The Hall–Kier alpha value is -3.08. The Kier molecular flexibility index (Phi) is 7.31. The molecule has 33 heavy (non-hydrogen) atoms. The Morgan fingerprint density at radius 2 is 1.88 bits per heavy atom. The zero-order valence-electron chi connectivity index (χ0n) is 17.8. The van der Waals surface area contributed by atoms with E-state index < -0.39 is 46.1 Å². The highest BCUT2D eigenvalue weighted by atomic mass is 32.2. The van der Waals surface area contributed by atoms with Crippen molar-refractivity contribution in [1.82, 2.24) is 4.90 Å². The lowest BCUT2D eigenvalue weighted by Gasteiger charge is -2.26. The molecule has 1 saturated heterocycles. The van der Waals surface area contributed by atoms with Gasteiger partial charge in [-0.2, -0.15) is 13.2 Å². The molecule has 3 rings (SSSR count). The number of carbonyl (C=O) groups excluding carboxylic acids is 2. The van der Waals surface area contributed by atoms with Gasteiger partial charge in [0.15, 0.2) is 16.4 Å². The molecule has 1 heterocycles. The van der Waals surface area contributed by atoms with Crippen LogP contribution in [0.3, 0.4) is 0 Å². The van der Waals surface area contributed by atoms with E-state index in [4.69, 9.17) is 4.74 Å². The van der Waals surface area contributed by atoms with Crippen LogP contribution in [0.15, 0.2) is 48.5 Å². The summed E-state index contributed by atoms with van der Waals surface area (Å²) < 4.78 is 67.5. The van der Waals surface area contributed by atoms with Gasteiger partial charge in [0, 0.05) is 18.3 Å². The smallest absolute Gasteiger partial charge is 0.416 e. The zero-order valence-corrected chi connectivity index (χ0v) is 18.6. The number of nitrogens with zero attached hydrogens (tertiary/aromatic N) is 1. The number of hydrogen-bond donors (Lipinski definition) is 1. The van der Waals surface area contributed by atoms with Crippen molar-refractivity contribution in [2.75, 3.05) is 30.0 Å². The Morgan fingerprint density at radius 3 is 2.52 bits per heavy atom. The van der Waals surface area contributed by atoms with Gasteiger partial charge in [-0.3, -0.25) is 4.79 Å². The molecule has 0 aliphatic carbocycles. The Balaban J connectivity index is 1.68. The second kappa shape index (κ2) is 9.82. The normalized spacial score (nSPS) is 17.4. The average Bonchev–Trinajstić information content (AvgIpc) is 3.11. The van der Waals surface area contributed by atoms with Crippen molar-refractivity contribution in [3.05, 3.63) is 59.7 Å². The minimum absolute atomic E-state index is 0.00974. The number of hydrogen-bond acceptors (Lipinski definition) is 6. The van der Waals surface area contributed by atoms with Crippen molar-refractivity contribution >= 4 is 33.1 Å². The maximum atomic E-state index is 13.0. The highest BCUT2D eigenvalue weighted by molar-refractivity contribution is 7.91. The van der Waals surface area contributed by atoms with E-state index in [1.807, 2.05) is 0 Å². The van der Waals surface area contributed by atoms with Crippen LogP contribution in [-0.4, -0.2) is 55.9 Å². The molecule has 2 aromatic carbocycles. The second-order valence-electron chi connectivity index (χ2n) is 7.56. The van der Waals surface area contributed by atoms with Crippen molar-refractivity contribution in [2.45, 2.75) is 25.6 Å². The van der Waals surface area contributed by atoms with E-state index in [2.05, 4.69) is 5.32 Å². The molecule has 0 aromatic heterocycles. The van der Waals surface area contributed by atoms with E-state index in [0.717, 1.165) is 12.1 Å². The van der Waals surface area contributed by atoms with Crippen LogP contribution in [0.25, 0.3) is 0 Å². The average molecular weight is 484 g/mol. The summed E-state index contributed by atoms with van der Waals surface area (Å²) in [6, 6.07) is 10.1. The lowest BCUT2D eigenvalue weighted by Crippen LogP contribution is -2.43. The number of ether oxygens (including phenoxy) is 1. The number of sulfone groups is 1. The second-order valence-corrected chi connectivity index (χ2v) is 9.79. The topological polar surface area (TPSA) is 92.8 Å². The monoisotopic (exact) mass is 484 g/mol. The lowest BCUT2D eigenvalue weighted by atomic mass is 10.1. The summed E-state index contributed by atoms with van der Waals surface area (Å²) in [7, 11) is -3.19. The van der Waals surface area contributed by atoms with Crippen LogP contribution in [-0.2, 0) is 25.5 Å². The lowest BCUT2D eigenvalue weighted by molar-refractivity contribution is -0.137. The number of amides is 1. The molecule has 0 bridgehead atoms. The van der Waals surface area contributed by atoms with E-state index >= 15 is 0 Å². The third-order valence-corrected chi connectivity index (χ3v) is 7.00. The number of benzene rings is 2. The number of carbonyl (C=O) groups is 2. The fourth-order valence-corrected chi connectivity index (χ4v) is 5.38. The van der Waals surface area contributed by atoms with Crippen molar-refractivity contribution in [1.29, 1.82) is 0 Å². The van der Waals surface area contributed by atoms with Crippen LogP contribution in [0.4, 0.5) is 24.5 Å². The number of likely N-dealkylation sites (N-methyl/N-ethyl adjacent to an activating group) is 1. The standard InChI is InChI=1S/C22H23F3N2O5S/c1-2-27(17-10-11-33(30,31)14-17)20(28)13-32-21(29)18-8-3-4-9-19(18)26-16-7-5-6-15(12-16)22(23,24)25/h3-9,12,17,26H,2,10-11,13-14H2,1H3. The van der Waals surface area contributed by atoms with Gasteiger partial charge in [0.25, 0.3) is 5.91 Å². The summed E-state index contributed by atoms with van der Waals surface area (Å²) in [5, 5.41) is 2.78. The first-order valence-corrected chi connectivity index (χ1v) is 12.0. The fourth-order valence-electron chi connectivity index (χ4n) is 3.65. The summed E-state index contributed by atoms with van der Waals surface area (Å²) in [6.07, 6.45) is -4.18. The SMILES string of the molecule is CCN(C(=O)COC(=O)c1ccccc1Nc1cccc(C(F)(F)F)c1)C1CCS(=O)(=O)C1. The molecule has 178 valence electrons. The van der Waals surface area contributed by atoms with Crippen LogP contribution in [0.2, 0.25) is 0 Å². The number of para-hydroxylation sites is 1. The molecule has 1 unspecified atom stereocenters. The van der Waals surface area contributed by atoms with Crippen molar-refractivity contribution in [2.24, 2.45) is 0 Å². The van der Waals surface area contributed by atoms with Crippen LogP contribution in [0.1, 0.15) is 29.3 Å². The van der Waals surface area contributed by atoms with E-state index in [0.29, 0.717) is 6.42 Å². The molecular formula is C22H23F3N2O5S. The number of anilines is 2. The third kappa shape index (κ3) is 6.25. The molecule has 1 atom stereocenters. The van der Waals surface area contributed by atoms with Gasteiger partial charge in [0.05, 0.1) is 28.3 Å². The quantitative estimate of drug-likeness (QED) is 0.604. The molecule has 1 aliphatic rings. The number of nitrogens with one attached hydrogen (secondary N) is 1. The summed E-state index contributed by atoms with van der Waals surface area (Å²) in [4.78, 5) is 26.5. The molecule has 1 aliphatic heterocycles. The molecule has 2 aromatic rings. The zero-order chi connectivity index (χ0) is 24.2. The van der Waals surface area contributed by atoms with Gasteiger partial charge < -0.3 is 15.0 Å². The molecule has 7 nitrogen and oxygen atoms in total. The molecule has 1 fully saturated rings. The summed E-state index contributed by atoms with van der Waals surface area (Å²) >= 11 is 0. The molecule has 1 amide bonds. The van der Waals surface area contributed by atoms with E-state index in [-0.39, 0.29) is 35.0 Å². The highest BCUT2D eigenvalue weighted by Crippen LogP contribution is 2.32. The first-order valence-electron chi connectivity index (χ1n) is 10.2. The van der Waals surface area contributed by atoms with Crippen LogP contribution in [0, 0.1) is 0 Å². The number of halogens is 3. The first-order chi connectivity index (χ1) is 15.5. The fraction of sp³-hybridized carbons (Fsp3) is 0.364. The predicted octanol–water partition coefficient (Wildman–Crippen LogP) is 3.64. The largest absolute Gasteiger partial charge is 0.452 e. The molecule has 0 saturated carbocycles. The van der Waals surface area contributed by atoms with E-state index in [1.54, 1.807) is 19.1 Å². The van der Waals surface area contributed by atoms with Gasteiger partial charge in [-0.25, -0.2) is 13.2 Å². The summed E-state index contributed by atoms with van der Waals surface area (Å²) in [5.74, 6) is -1.47. The maximum absolute atomic E-state index is 13.0. The Bertz CT molecular complexity index is 1130. The maximum Gasteiger partial charge on any atom is 0.416 e. The summed E-state index contributed by atoms with van der Waals surface area (Å²) in [6.45, 7) is 1.39. The van der Waals surface area contributed by atoms with Gasteiger partial charge >= 0.3 is 12.1 Å². The van der Waals surface area contributed by atoms with Crippen LogP contribution >= 0.6 is 0 Å². The Morgan fingerprint density at radius 1 is 1.15 bits per heavy atom. The number of esters is 1. The molecule has 1 N–H and O–H groups in total. The molecule has 0 spiro atoms.